The monoisotopic (exact) mass is 329 g/mol. The minimum atomic E-state index is -3.50. The Bertz CT molecular complexity index is 397. The van der Waals surface area contributed by atoms with E-state index in [4.69, 9.17) is 4.74 Å². The molecule has 0 bridgehead atoms. The van der Waals surface area contributed by atoms with Crippen molar-refractivity contribution < 1.29 is 21.9 Å². The molecule has 21 heavy (non-hydrogen) atoms. The van der Waals surface area contributed by atoms with Crippen molar-refractivity contribution in [1.29, 1.82) is 0 Å². The van der Waals surface area contributed by atoms with E-state index >= 15 is 0 Å². The van der Waals surface area contributed by atoms with Gasteiger partial charge in [-0.15, -0.1) is 0 Å². The largest absolute Gasteiger partial charge is 0.374 e. The van der Waals surface area contributed by atoms with Crippen LogP contribution >= 0.6 is 0 Å². The molecular weight excluding hydrogens is 300 g/mol. The lowest BCUT2D eigenvalue weighted by Gasteiger charge is -2.29. The average molecular weight is 329 g/mol. The second-order valence-corrected chi connectivity index (χ2v) is 9.00. The fourth-order valence-electron chi connectivity index (χ4n) is 1.70. The van der Waals surface area contributed by atoms with Crippen LogP contribution in [0.25, 0.3) is 0 Å². The first-order valence-electron chi connectivity index (χ1n) is 7.20. The van der Waals surface area contributed by atoms with Crippen molar-refractivity contribution in [2.24, 2.45) is 5.41 Å². The number of alkyl halides is 2. The molecule has 0 heterocycles. The highest BCUT2D eigenvalue weighted by atomic mass is 32.2. The molecule has 4 nitrogen and oxygen atoms in total. The summed E-state index contributed by atoms with van der Waals surface area (Å²) >= 11 is 0. The third-order valence-corrected chi connectivity index (χ3v) is 4.86. The summed E-state index contributed by atoms with van der Waals surface area (Å²) < 4.78 is 55.9. The number of sulfonamides is 1. The molecule has 0 aromatic carbocycles. The lowest BCUT2D eigenvalue weighted by atomic mass is 9.92. The molecule has 0 saturated carbocycles. The number of ether oxygens (including phenoxy) is 1. The highest BCUT2D eigenvalue weighted by molar-refractivity contribution is 7.89. The predicted molar refractivity (Wildman–Crippen MR) is 81.1 cm³/mol. The van der Waals surface area contributed by atoms with Crippen molar-refractivity contribution >= 4 is 10.0 Å². The van der Waals surface area contributed by atoms with E-state index in [0.717, 1.165) is 13.3 Å². The van der Waals surface area contributed by atoms with Gasteiger partial charge in [0.15, 0.2) is 0 Å². The fourth-order valence-corrected chi connectivity index (χ4v) is 3.27. The van der Waals surface area contributed by atoms with Gasteiger partial charge in [-0.2, -0.15) is 4.31 Å². The maximum atomic E-state index is 12.6. The third kappa shape index (κ3) is 10.1. The van der Waals surface area contributed by atoms with Gasteiger partial charge >= 0.3 is 0 Å². The number of hydrogen-bond acceptors (Lipinski definition) is 3. The summed E-state index contributed by atoms with van der Waals surface area (Å²) in [6.45, 7) is 9.94. The predicted octanol–water partition coefficient (Wildman–Crippen LogP) is 3.13. The summed E-state index contributed by atoms with van der Waals surface area (Å²) in [5, 5.41) is 0. The molecule has 128 valence electrons. The number of nitrogens with zero attached hydrogens (tertiary/aromatic N) is 1. The van der Waals surface area contributed by atoms with Crippen LogP contribution in [0.15, 0.2) is 0 Å². The van der Waals surface area contributed by atoms with Gasteiger partial charge in [0.05, 0.1) is 12.4 Å². The maximum absolute atomic E-state index is 12.6. The smallest absolute Gasteiger partial charge is 0.268 e. The zero-order valence-corrected chi connectivity index (χ0v) is 14.8. The molecule has 0 aliphatic carbocycles. The van der Waals surface area contributed by atoms with Crippen molar-refractivity contribution in [3.8, 4) is 0 Å². The van der Waals surface area contributed by atoms with E-state index in [9.17, 15) is 17.2 Å². The van der Waals surface area contributed by atoms with Gasteiger partial charge in [0.25, 0.3) is 5.92 Å². The van der Waals surface area contributed by atoms with E-state index in [1.165, 1.54) is 4.31 Å². The van der Waals surface area contributed by atoms with E-state index in [1.807, 2.05) is 20.8 Å². The Labute approximate surface area is 127 Å². The Morgan fingerprint density at radius 1 is 1.14 bits per heavy atom. The van der Waals surface area contributed by atoms with Crippen LogP contribution in [0.1, 0.15) is 48.0 Å². The lowest BCUT2D eigenvalue weighted by molar-refractivity contribution is -0.0591. The summed E-state index contributed by atoms with van der Waals surface area (Å²) in [6.07, 6.45) is 0.734. The van der Waals surface area contributed by atoms with E-state index in [-0.39, 0.29) is 23.8 Å². The standard InChI is InChI=1S/C14H29F2NO3S/c1-12(2)17(8-7-13(3,4)5)21(18,19)10-9-20-11-14(6,15)16/h12H,7-11H2,1-6H3. The van der Waals surface area contributed by atoms with Crippen LogP contribution in [0.3, 0.4) is 0 Å². The Morgan fingerprint density at radius 3 is 2.05 bits per heavy atom. The minimum Gasteiger partial charge on any atom is -0.374 e. The minimum absolute atomic E-state index is 0.0312. The van der Waals surface area contributed by atoms with Crippen LogP contribution in [0.2, 0.25) is 0 Å². The van der Waals surface area contributed by atoms with Crippen LogP contribution in [-0.2, 0) is 14.8 Å². The summed E-state index contributed by atoms with van der Waals surface area (Å²) in [5.74, 6) is -3.21. The number of hydrogen-bond donors (Lipinski definition) is 0. The third-order valence-electron chi connectivity index (χ3n) is 2.86. The van der Waals surface area contributed by atoms with Gasteiger partial charge in [-0.05, 0) is 25.7 Å². The van der Waals surface area contributed by atoms with Crippen molar-refractivity contribution in [2.45, 2.75) is 59.9 Å². The highest BCUT2D eigenvalue weighted by Gasteiger charge is 2.27. The fraction of sp³-hybridized carbons (Fsp3) is 1.00. The van der Waals surface area contributed by atoms with E-state index in [1.54, 1.807) is 13.8 Å². The summed E-state index contributed by atoms with van der Waals surface area (Å²) in [6, 6.07) is -0.162. The van der Waals surface area contributed by atoms with Gasteiger partial charge in [-0.25, -0.2) is 17.2 Å². The molecule has 0 rings (SSSR count). The van der Waals surface area contributed by atoms with Crippen LogP contribution in [0, 0.1) is 5.41 Å². The molecule has 0 aromatic heterocycles. The van der Waals surface area contributed by atoms with E-state index in [0.29, 0.717) is 6.54 Å². The van der Waals surface area contributed by atoms with Crippen molar-refractivity contribution in [3.05, 3.63) is 0 Å². The zero-order valence-electron chi connectivity index (χ0n) is 13.9. The van der Waals surface area contributed by atoms with Crippen LogP contribution < -0.4 is 0 Å². The molecule has 0 N–H and O–H groups in total. The molecule has 0 aliphatic heterocycles. The Morgan fingerprint density at radius 2 is 1.67 bits per heavy atom. The molecule has 0 aromatic rings. The van der Waals surface area contributed by atoms with Gasteiger partial charge in [-0.3, -0.25) is 0 Å². The molecule has 0 aliphatic rings. The highest BCUT2D eigenvalue weighted by Crippen LogP contribution is 2.21. The topological polar surface area (TPSA) is 46.6 Å². The lowest BCUT2D eigenvalue weighted by Crippen LogP contribution is -2.41. The first-order valence-corrected chi connectivity index (χ1v) is 8.81. The van der Waals surface area contributed by atoms with E-state index < -0.39 is 22.6 Å². The molecule has 0 amide bonds. The summed E-state index contributed by atoms with van der Waals surface area (Å²) in [5.41, 5.74) is 0.0312. The first-order chi connectivity index (χ1) is 9.25. The molecule has 7 heteroatoms. The Kier molecular flexibility index (Phi) is 7.73. The molecular formula is C14H29F2NO3S. The zero-order chi connectivity index (χ0) is 16.9. The van der Waals surface area contributed by atoms with Crippen LogP contribution in [0.5, 0.6) is 0 Å². The molecule has 0 fully saturated rings. The second kappa shape index (κ2) is 7.83. The van der Waals surface area contributed by atoms with Crippen LogP contribution in [-0.4, -0.2) is 50.2 Å². The van der Waals surface area contributed by atoms with Crippen LogP contribution in [0.4, 0.5) is 8.78 Å². The Hall–Kier alpha value is -0.270. The number of halogens is 2. The second-order valence-electron chi connectivity index (χ2n) is 6.95. The van der Waals surface area contributed by atoms with Gasteiger partial charge in [-0.1, -0.05) is 20.8 Å². The molecule has 0 saturated heterocycles. The van der Waals surface area contributed by atoms with Crippen molar-refractivity contribution in [2.75, 3.05) is 25.5 Å². The van der Waals surface area contributed by atoms with Gasteiger partial charge in [0.1, 0.15) is 6.61 Å². The summed E-state index contributed by atoms with van der Waals surface area (Å²) in [7, 11) is -3.50. The SMILES string of the molecule is CC(C)N(CCC(C)(C)C)S(=O)(=O)CCOCC(C)(F)F. The molecule has 0 unspecified atom stereocenters. The average Bonchev–Trinajstić information content (AvgIpc) is 2.20. The van der Waals surface area contributed by atoms with Crippen molar-refractivity contribution in [1.82, 2.24) is 4.31 Å². The molecule has 0 radical (unpaired) electrons. The quantitative estimate of drug-likeness (QED) is 0.611. The Balaban J connectivity index is 4.53. The maximum Gasteiger partial charge on any atom is 0.268 e. The van der Waals surface area contributed by atoms with Gasteiger partial charge < -0.3 is 4.74 Å². The number of rotatable bonds is 9. The van der Waals surface area contributed by atoms with E-state index in [2.05, 4.69) is 0 Å². The normalized spacial score (nSPS) is 14.2. The first kappa shape index (κ1) is 20.7. The van der Waals surface area contributed by atoms with Gasteiger partial charge in [0, 0.05) is 19.5 Å². The van der Waals surface area contributed by atoms with Crippen molar-refractivity contribution in [3.63, 3.8) is 0 Å². The summed E-state index contributed by atoms with van der Waals surface area (Å²) in [4.78, 5) is 0. The molecule has 0 atom stereocenters. The molecule has 0 spiro atoms. The van der Waals surface area contributed by atoms with Gasteiger partial charge in [0.2, 0.25) is 10.0 Å².